The van der Waals surface area contributed by atoms with Crippen molar-refractivity contribution in [2.45, 2.75) is 50.1 Å². The maximum Gasteiger partial charge on any atom is 0.253 e. The molecule has 2 bridgehead atoms. The zero-order valence-electron chi connectivity index (χ0n) is 22.0. The van der Waals surface area contributed by atoms with E-state index in [2.05, 4.69) is 10.2 Å². The van der Waals surface area contributed by atoms with Crippen LogP contribution in [0.2, 0.25) is 0 Å². The van der Waals surface area contributed by atoms with Crippen molar-refractivity contribution in [1.29, 1.82) is 0 Å². The molecule has 200 valence electrons. The summed E-state index contributed by atoms with van der Waals surface area (Å²) in [7, 11) is 1.61. The van der Waals surface area contributed by atoms with Crippen molar-refractivity contribution in [1.82, 2.24) is 15.1 Å². The van der Waals surface area contributed by atoms with E-state index in [4.69, 9.17) is 4.74 Å². The van der Waals surface area contributed by atoms with Gasteiger partial charge in [0.1, 0.15) is 11.3 Å². The number of para-hydroxylation sites is 2. The van der Waals surface area contributed by atoms with Crippen LogP contribution >= 0.6 is 0 Å². The van der Waals surface area contributed by atoms with Crippen molar-refractivity contribution in [3.8, 4) is 5.75 Å². The van der Waals surface area contributed by atoms with E-state index in [9.17, 15) is 14.4 Å². The Labute approximate surface area is 223 Å². The van der Waals surface area contributed by atoms with E-state index in [1.165, 1.54) is 0 Å². The van der Waals surface area contributed by atoms with E-state index >= 15 is 0 Å². The summed E-state index contributed by atoms with van der Waals surface area (Å²) in [6.45, 7) is 2.95. The maximum absolute atomic E-state index is 14.4. The highest BCUT2D eigenvalue weighted by molar-refractivity contribution is 6.10. The fourth-order valence-corrected chi connectivity index (χ4v) is 7.29. The lowest BCUT2D eigenvalue weighted by molar-refractivity contribution is -0.138. The molecule has 8 heteroatoms. The molecule has 4 heterocycles. The van der Waals surface area contributed by atoms with E-state index in [1.807, 2.05) is 58.3 Å². The highest BCUT2D eigenvalue weighted by atomic mass is 16.5. The van der Waals surface area contributed by atoms with Gasteiger partial charge in [0.05, 0.1) is 19.4 Å². The van der Waals surface area contributed by atoms with Gasteiger partial charge >= 0.3 is 0 Å². The standard InChI is InChI=1S/C30H36N4O4/c1-38-26-13-5-2-9-21(26)19-27(35)32-15-7-14-31-28(36)24-20-22-10-6-18-34(22)30(24)23-11-3-4-12-25(23)33(29(30)37)17-8-16-32/h2-5,9,11-13,22,24H,6-8,10,14-20H2,1H3,(H,31,36)/t22-,24-,30+/m0/s1. The second kappa shape index (κ2) is 10.1. The summed E-state index contributed by atoms with van der Waals surface area (Å²) in [5, 5.41) is 3.14. The van der Waals surface area contributed by atoms with Crippen molar-refractivity contribution < 1.29 is 19.1 Å². The van der Waals surface area contributed by atoms with Crippen molar-refractivity contribution in [3.05, 3.63) is 59.7 Å². The van der Waals surface area contributed by atoms with Gasteiger partial charge in [-0.15, -0.1) is 0 Å². The predicted octanol–water partition coefficient (Wildman–Crippen LogP) is 2.70. The molecule has 0 aliphatic carbocycles. The number of hydrogen-bond acceptors (Lipinski definition) is 5. The Morgan fingerprint density at radius 2 is 1.79 bits per heavy atom. The number of fused-ring (bicyclic) bond motifs is 4. The predicted molar refractivity (Wildman–Crippen MR) is 144 cm³/mol. The molecule has 2 aromatic rings. The monoisotopic (exact) mass is 516 g/mol. The van der Waals surface area contributed by atoms with Crippen molar-refractivity contribution in [3.63, 3.8) is 0 Å². The van der Waals surface area contributed by atoms with Crippen LogP contribution in [-0.4, -0.2) is 73.4 Å². The van der Waals surface area contributed by atoms with Crippen LogP contribution in [0.5, 0.6) is 5.75 Å². The molecule has 4 aliphatic heterocycles. The van der Waals surface area contributed by atoms with Crippen molar-refractivity contribution in [2.24, 2.45) is 5.92 Å². The van der Waals surface area contributed by atoms with Crippen LogP contribution in [-0.2, 0) is 26.3 Å². The molecule has 3 fully saturated rings. The molecule has 3 amide bonds. The van der Waals surface area contributed by atoms with E-state index in [0.29, 0.717) is 51.2 Å². The van der Waals surface area contributed by atoms with Gasteiger partial charge in [0.2, 0.25) is 11.8 Å². The van der Waals surface area contributed by atoms with Crippen LogP contribution in [0.4, 0.5) is 5.69 Å². The minimum Gasteiger partial charge on any atom is -0.496 e. The first-order valence-corrected chi connectivity index (χ1v) is 13.9. The number of nitrogens with zero attached hydrogens (tertiary/aromatic N) is 3. The lowest BCUT2D eigenvalue weighted by Crippen LogP contribution is -2.56. The van der Waals surface area contributed by atoms with Gasteiger partial charge in [-0.3, -0.25) is 19.3 Å². The summed E-state index contributed by atoms with van der Waals surface area (Å²) in [5.41, 5.74) is 1.81. The summed E-state index contributed by atoms with van der Waals surface area (Å²) < 4.78 is 5.45. The minimum atomic E-state index is -0.921. The second-order valence-electron chi connectivity index (χ2n) is 10.9. The highest BCUT2D eigenvalue weighted by Gasteiger charge is 2.66. The normalized spacial score (nSPS) is 27.5. The van der Waals surface area contributed by atoms with Gasteiger partial charge in [0.25, 0.3) is 5.91 Å². The summed E-state index contributed by atoms with van der Waals surface area (Å²) in [4.78, 5) is 47.6. The molecule has 8 nitrogen and oxygen atoms in total. The molecule has 4 aliphatic rings. The smallest absolute Gasteiger partial charge is 0.253 e. The number of rotatable bonds is 3. The van der Waals surface area contributed by atoms with Crippen LogP contribution in [0, 0.1) is 5.92 Å². The third kappa shape index (κ3) is 3.88. The molecule has 0 radical (unpaired) electrons. The van der Waals surface area contributed by atoms with Gasteiger partial charge in [-0.1, -0.05) is 36.4 Å². The molecule has 38 heavy (non-hydrogen) atoms. The number of hydrogen-bond donors (Lipinski definition) is 1. The molecule has 1 N–H and O–H groups in total. The Bertz CT molecular complexity index is 1250. The SMILES string of the molecule is COc1ccccc1CC(=O)N1CCCNC(=O)[C@@H]2C[C@@H]3CCCN3[C@@]23C(=O)N(CCC1)c1ccccc13. The number of methoxy groups -OCH3 is 1. The van der Waals surface area contributed by atoms with Crippen LogP contribution in [0.1, 0.15) is 43.2 Å². The van der Waals surface area contributed by atoms with Gasteiger partial charge in [-0.25, -0.2) is 0 Å². The van der Waals surface area contributed by atoms with E-state index < -0.39 is 11.5 Å². The zero-order chi connectivity index (χ0) is 26.3. The number of amides is 3. The summed E-state index contributed by atoms with van der Waals surface area (Å²) in [5.74, 6) is 0.299. The molecule has 0 aromatic heterocycles. The molecule has 3 saturated heterocycles. The lowest BCUT2D eigenvalue weighted by atomic mass is 9.78. The third-order valence-electron chi connectivity index (χ3n) is 8.94. The van der Waals surface area contributed by atoms with Crippen LogP contribution in [0.25, 0.3) is 0 Å². The Kier molecular flexibility index (Phi) is 6.60. The first-order chi connectivity index (χ1) is 18.6. The number of anilines is 1. The average molecular weight is 517 g/mol. The van der Waals surface area contributed by atoms with E-state index in [1.54, 1.807) is 7.11 Å². The lowest BCUT2D eigenvalue weighted by Gasteiger charge is -2.37. The molecule has 0 unspecified atom stereocenters. The second-order valence-corrected chi connectivity index (χ2v) is 10.9. The fraction of sp³-hybridized carbons (Fsp3) is 0.500. The molecule has 0 saturated carbocycles. The van der Waals surface area contributed by atoms with Gasteiger partial charge in [-0.2, -0.15) is 0 Å². The topological polar surface area (TPSA) is 82.2 Å². The fourth-order valence-electron chi connectivity index (χ4n) is 7.29. The average Bonchev–Trinajstić information content (AvgIpc) is 3.59. The molecular formula is C30H36N4O4. The third-order valence-corrected chi connectivity index (χ3v) is 8.94. The van der Waals surface area contributed by atoms with Crippen LogP contribution < -0.4 is 15.0 Å². The summed E-state index contributed by atoms with van der Waals surface area (Å²) in [6.07, 6.45) is 4.39. The maximum atomic E-state index is 14.4. The number of benzene rings is 2. The Hall–Kier alpha value is -3.39. The first kappa shape index (κ1) is 24.9. The van der Waals surface area contributed by atoms with E-state index in [0.717, 1.165) is 36.2 Å². The molecule has 6 rings (SSSR count). The van der Waals surface area contributed by atoms with Gasteiger partial charge in [0, 0.05) is 49.0 Å². The minimum absolute atomic E-state index is 0.0226. The quantitative estimate of drug-likeness (QED) is 0.679. The number of ether oxygens (including phenoxy) is 1. The van der Waals surface area contributed by atoms with E-state index in [-0.39, 0.29) is 30.2 Å². The summed E-state index contributed by atoms with van der Waals surface area (Å²) >= 11 is 0. The van der Waals surface area contributed by atoms with Gasteiger partial charge in [0.15, 0.2) is 0 Å². The number of nitrogens with one attached hydrogen (secondary N) is 1. The Morgan fingerprint density at radius 1 is 1.00 bits per heavy atom. The largest absolute Gasteiger partial charge is 0.496 e. The molecule has 2 aromatic carbocycles. The van der Waals surface area contributed by atoms with Crippen molar-refractivity contribution >= 4 is 23.4 Å². The number of carbonyl (C=O) groups excluding carboxylic acids is 3. The number of carbonyl (C=O) groups is 3. The Balaban J connectivity index is 1.29. The highest BCUT2D eigenvalue weighted by Crippen LogP contribution is 2.57. The summed E-state index contributed by atoms with van der Waals surface area (Å²) in [6, 6.07) is 15.9. The first-order valence-electron chi connectivity index (χ1n) is 13.9. The van der Waals surface area contributed by atoms with Crippen molar-refractivity contribution in [2.75, 3.05) is 44.7 Å². The van der Waals surface area contributed by atoms with Gasteiger partial charge < -0.3 is 19.9 Å². The van der Waals surface area contributed by atoms with Gasteiger partial charge in [-0.05, 0) is 50.8 Å². The van der Waals surface area contributed by atoms with Crippen LogP contribution in [0.15, 0.2) is 48.5 Å². The molecule has 1 spiro atoms. The van der Waals surface area contributed by atoms with Crippen LogP contribution in [0.3, 0.4) is 0 Å². The Morgan fingerprint density at radius 3 is 2.66 bits per heavy atom. The zero-order valence-corrected chi connectivity index (χ0v) is 22.0. The molecule has 3 atom stereocenters. The molecular weight excluding hydrogens is 480 g/mol.